The molecule has 2 aromatic heterocycles. The quantitative estimate of drug-likeness (QED) is 0.747. The third kappa shape index (κ3) is 2.07. The number of aromatic nitrogens is 2. The summed E-state index contributed by atoms with van der Waals surface area (Å²) in [6.07, 6.45) is 4.69. The minimum atomic E-state index is -0.00466. The molecule has 5 nitrogen and oxygen atoms in total. The van der Waals surface area contributed by atoms with Crippen molar-refractivity contribution in [3.05, 3.63) is 53.3 Å². The number of carbonyl (C=O) groups excluding carboxylic acids is 1. The second-order valence-electron chi connectivity index (χ2n) is 5.30. The number of ether oxygens (including phenoxy) is 1. The van der Waals surface area contributed by atoms with Gasteiger partial charge in [0.15, 0.2) is 4.96 Å². The number of methoxy groups -OCH3 is 1. The summed E-state index contributed by atoms with van der Waals surface area (Å²) in [4.78, 5) is 19.8. The van der Waals surface area contributed by atoms with E-state index >= 15 is 0 Å². The van der Waals surface area contributed by atoms with Gasteiger partial charge in [-0.3, -0.25) is 9.20 Å². The molecule has 0 radical (unpaired) electrons. The number of amides is 1. The highest BCUT2D eigenvalue weighted by molar-refractivity contribution is 7.15. The van der Waals surface area contributed by atoms with E-state index in [0.717, 1.165) is 29.2 Å². The van der Waals surface area contributed by atoms with Crippen molar-refractivity contribution in [3.63, 3.8) is 0 Å². The molecule has 0 unspecified atom stereocenters. The lowest BCUT2D eigenvalue weighted by atomic mass is 9.94. The predicted octanol–water partition coefficient (Wildman–Crippen LogP) is 2.99. The number of carbonyl (C=O) groups is 1. The molecule has 0 spiro atoms. The molecule has 0 bridgehead atoms. The van der Waals surface area contributed by atoms with Gasteiger partial charge in [-0.05, 0) is 24.1 Å². The second-order valence-corrected chi connectivity index (χ2v) is 6.17. The Kier molecular flexibility index (Phi) is 3.11. The van der Waals surface area contributed by atoms with Crippen molar-refractivity contribution in [2.45, 2.75) is 12.5 Å². The molecule has 1 saturated heterocycles. The summed E-state index contributed by atoms with van der Waals surface area (Å²) < 4.78 is 7.15. The lowest BCUT2D eigenvalue weighted by molar-refractivity contribution is 0.0454. The summed E-state index contributed by atoms with van der Waals surface area (Å²) in [7, 11) is 1.65. The second kappa shape index (κ2) is 5.14. The van der Waals surface area contributed by atoms with Gasteiger partial charge in [-0.25, -0.2) is 4.98 Å². The van der Waals surface area contributed by atoms with E-state index < -0.39 is 0 Å². The molecule has 0 saturated carbocycles. The number of nitrogens with zero attached hydrogens (tertiary/aromatic N) is 3. The number of rotatable bonds is 3. The van der Waals surface area contributed by atoms with Crippen LogP contribution in [0, 0.1) is 0 Å². The van der Waals surface area contributed by atoms with E-state index in [1.807, 2.05) is 45.1 Å². The van der Waals surface area contributed by atoms with Crippen LogP contribution in [-0.4, -0.2) is 33.8 Å². The fraction of sp³-hybridized carbons (Fsp3) is 0.250. The van der Waals surface area contributed by atoms with Gasteiger partial charge >= 0.3 is 0 Å². The van der Waals surface area contributed by atoms with Crippen molar-refractivity contribution in [2.24, 2.45) is 0 Å². The van der Waals surface area contributed by atoms with Gasteiger partial charge in [-0.2, -0.15) is 0 Å². The molecule has 6 heteroatoms. The Labute approximate surface area is 131 Å². The van der Waals surface area contributed by atoms with Crippen LogP contribution in [0.1, 0.15) is 28.5 Å². The van der Waals surface area contributed by atoms with Crippen LogP contribution >= 0.6 is 11.3 Å². The third-order valence-corrected chi connectivity index (χ3v) is 4.84. The van der Waals surface area contributed by atoms with Gasteiger partial charge in [0, 0.05) is 24.3 Å². The van der Waals surface area contributed by atoms with Crippen LogP contribution in [0.5, 0.6) is 5.75 Å². The highest BCUT2D eigenvalue weighted by atomic mass is 32.1. The molecule has 22 heavy (non-hydrogen) atoms. The molecule has 1 aliphatic heterocycles. The van der Waals surface area contributed by atoms with Crippen LogP contribution in [0.3, 0.4) is 0 Å². The van der Waals surface area contributed by atoms with Crippen LogP contribution in [-0.2, 0) is 0 Å². The minimum absolute atomic E-state index is 0.00466. The molecule has 3 heterocycles. The summed E-state index contributed by atoms with van der Waals surface area (Å²) in [6, 6.07) is 8.02. The fourth-order valence-electron chi connectivity index (χ4n) is 2.80. The molecule has 1 aliphatic rings. The maximum absolute atomic E-state index is 12.7. The zero-order valence-corrected chi connectivity index (χ0v) is 12.9. The van der Waals surface area contributed by atoms with Gasteiger partial charge in [0.25, 0.3) is 5.91 Å². The van der Waals surface area contributed by atoms with Crippen molar-refractivity contribution >= 4 is 22.2 Å². The fourth-order valence-corrected chi connectivity index (χ4v) is 3.50. The van der Waals surface area contributed by atoms with Crippen molar-refractivity contribution in [1.29, 1.82) is 0 Å². The Bertz CT molecular complexity index is 810. The number of imidazole rings is 1. The molecule has 1 aromatic carbocycles. The molecule has 1 amide bonds. The Balaban J connectivity index is 1.59. The van der Waals surface area contributed by atoms with Crippen LogP contribution in [0.25, 0.3) is 4.96 Å². The number of fused-ring (bicyclic) bond motifs is 1. The number of hydrogen-bond donors (Lipinski definition) is 0. The molecule has 1 atom stereocenters. The van der Waals surface area contributed by atoms with Crippen LogP contribution in [0.4, 0.5) is 0 Å². The number of hydrogen-bond acceptors (Lipinski definition) is 4. The topological polar surface area (TPSA) is 46.8 Å². The van der Waals surface area contributed by atoms with Crippen molar-refractivity contribution in [2.75, 3.05) is 13.7 Å². The lowest BCUT2D eigenvalue weighted by Gasteiger charge is -2.41. The van der Waals surface area contributed by atoms with Crippen molar-refractivity contribution < 1.29 is 9.53 Å². The summed E-state index contributed by atoms with van der Waals surface area (Å²) in [5, 5.41) is 1.96. The smallest absolute Gasteiger partial charge is 0.274 e. The minimum Gasteiger partial charge on any atom is -0.497 e. The SMILES string of the molecule is COc1cccc([C@@H]2CCN2C(=O)c2cn3ccsc3n2)c1. The first-order valence-corrected chi connectivity index (χ1v) is 8.01. The zero-order chi connectivity index (χ0) is 15.1. The van der Waals surface area contributed by atoms with Crippen molar-refractivity contribution in [1.82, 2.24) is 14.3 Å². The monoisotopic (exact) mass is 313 g/mol. The average molecular weight is 313 g/mol. The van der Waals surface area contributed by atoms with E-state index in [9.17, 15) is 4.79 Å². The standard InChI is InChI=1S/C16H15N3O2S/c1-21-12-4-2-3-11(9-12)14-5-6-19(14)15(20)13-10-18-7-8-22-16(18)17-13/h2-4,7-10,14H,5-6H2,1H3/t14-/m0/s1. The molecule has 112 valence electrons. The van der Waals surface area contributed by atoms with E-state index in [1.54, 1.807) is 13.3 Å². The third-order valence-electron chi connectivity index (χ3n) is 4.07. The van der Waals surface area contributed by atoms with Gasteiger partial charge in [0.1, 0.15) is 11.4 Å². The predicted molar refractivity (Wildman–Crippen MR) is 84.5 cm³/mol. The van der Waals surface area contributed by atoms with Gasteiger partial charge in [0.05, 0.1) is 13.2 Å². The largest absolute Gasteiger partial charge is 0.497 e. The zero-order valence-electron chi connectivity index (χ0n) is 12.1. The molecule has 0 N–H and O–H groups in total. The first-order valence-electron chi connectivity index (χ1n) is 7.13. The van der Waals surface area contributed by atoms with E-state index in [1.165, 1.54) is 11.3 Å². The Morgan fingerprint density at radius 1 is 1.45 bits per heavy atom. The highest BCUT2D eigenvalue weighted by Gasteiger charge is 2.35. The van der Waals surface area contributed by atoms with E-state index in [2.05, 4.69) is 4.98 Å². The van der Waals surface area contributed by atoms with Gasteiger partial charge < -0.3 is 9.64 Å². The maximum atomic E-state index is 12.7. The van der Waals surface area contributed by atoms with Crippen LogP contribution in [0.2, 0.25) is 0 Å². The van der Waals surface area contributed by atoms with Gasteiger partial charge in [-0.1, -0.05) is 12.1 Å². The Hall–Kier alpha value is -2.34. The molecular formula is C16H15N3O2S. The van der Waals surface area contributed by atoms with Crippen LogP contribution < -0.4 is 4.74 Å². The first kappa shape index (κ1) is 13.3. The van der Waals surface area contributed by atoms with Crippen LogP contribution in [0.15, 0.2) is 42.0 Å². The van der Waals surface area contributed by atoms with E-state index in [-0.39, 0.29) is 11.9 Å². The number of likely N-dealkylation sites (tertiary alicyclic amines) is 1. The van der Waals surface area contributed by atoms with Crippen molar-refractivity contribution in [3.8, 4) is 5.75 Å². The lowest BCUT2D eigenvalue weighted by Crippen LogP contribution is -2.45. The average Bonchev–Trinajstić information content (AvgIpc) is 3.07. The van der Waals surface area contributed by atoms with E-state index in [4.69, 9.17) is 4.74 Å². The normalized spacial score (nSPS) is 17.5. The Morgan fingerprint density at radius 3 is 3.09 bits per heavy atom. The number of benzene rings is 1. The Morgan fingerprint density at radius 2 is 2.36 bits per heavy atom. The summed E-state index contributed by atoms with van der Waals surface area (Å²) in [5.41, 5.74) is 1.62. The van der Waals surface area contributed by atoms with E-state index in [0.29, 0.717) is 5.69 Å². The molecule has 3 aromatic rings. The van der Waals surface area contributed by atoms with Gasteiger partial charge in [0.2, 0.25) is 0 Å². The summed E-state index contributed by atoms with van der Waals surface area (Å²) in [6.45, 7) is 0.770. The highest BCUT2D eigenvalue weighted by Crippen LogP contribution is 2.35. The first-order chi connectivity index (χ1) is 10.8. The molecule has 1 fully saturated rings. The molecule has 0 aliphatic carbocycles. The summed E-state index contributed by atoms with van der Waals surface area (Å²) in [5.74, 6) is 0.814. The maximum Gasteiger partial charge on any atom is 0.274 e. The summed E-state index contributed by atoms with van der Waals surface area (Å²) >= 11 is 1.53. The van der Waals surface area contributed by atoms with Gasteiger partial charge in [-0.15, -0.1) is 11.3 Å². The number of thiazole rings is 1. The molecular weight excluding hydrogens is 298 g/mol. The molecule has 4 rings (SSSR count).